The van der Waals surface area contributed by atoms with Crippen LogP contribution in [0, 0.1) is 5.82 Å². The number of benzene rings is 1. The van der Waals surface area contributed by atoms with Gasteiger partial charge in [0.05, 0.1) is 6.61 Å². The standard InChI is InChI=1S/C14H16FNO3S2/c1-16(7-6-12-3-2-8-20-12)21(18,19)14-5-4-11(10-17)9-13(14)15/h2-5,8-9,17H,6-7,10H2,1H3. The summed E-state index contributed by atoms with van der Waals surface area (Å²) in [5, 5.41) is 10.9. The first kappa shape index (κ1) is 16.1. The van der Waals surface area contributed by atoms with E-state index in [4.69, 9.17) is 5.11 Å². The lowest BCUT2D eigenvalue weighted by molar-refractivity contribution is 0.281. The molecule has 0 aliphatic carbocycles. The van der Waals surface area contributed by atoms with Gasteiger partial charge in [0.15, 0.2) is 0 Å². The highest BCUT2D eigenvalue weighted by molar-refractivity contribution is 7.89. The third-order valence-electron chi connectivity index (χ3n) is 3.12. The smallest absolute Gasteiger partial charge is 0.245 e. The van der Waals surface area contributed by atoms with E-state index in [0.717, 1.165) is 15.2 Å². The summed E-state index contributed by atoms with van der Waals surface area (Å²) >= 11 is 1.56. The van der Waals surface area contributed by atoms with E-state index in [9.17, 15) is 12.8 Å². The van der Waals surface area contributed by atoms with Crippen molar-refractivity contribution in [3.8, 4) is 0 Å². The summed E-state index contributed by atoms with van der Waals surface area (Å²) in [4.78, 5) is 0.710. The van der Waals surface area contributed by atoms with Gasteiger partial charge in [-0.05, 0) is 35.6 Å². The number of hydrogen-bond acceptors (Lipinski definition) is 4. The fraction of sp³-hybridized carbons (Fsp3) is 0.286. The van der Waals surface area contributed by atoms with Gasteiger partial charge in [0.25, 0.3) is 0 Å². The summed E-state index contributed by atoms with van der Waals surface area (Å²) in [5.41, 5.74) is 0.340. The normalized spacial score (nSPS) is 12.0. The van der Waals surface area contributed by atoms with Crippen molar-refractivity contribution in [1.82, 2.24) is 4.31 Å². The molecule has 0 atom stereocenters. The van der Waals surface area contributed by atoms with Gasteiger partial charge in [-0.1, -0.05) is 12.1 Å². The molecule has 1 aromatic carbocycles. The number of likely N-dealkylation sites (N-methyl/N-ethyl adjacent to an activating group) is 1. The number of nitrogens with zero attached hydrogens (tertiary/aromatic N) is 1. The lowest BCUT2D eigenvalue weighted by atomic mass is 10.2. The van der Waals surface area contributed by atoms with Crippen molar-refractivity contribution in [1.29, 1.82) is 0 Å². The molecule has 21 heavy (non-hydrogen) atoms. The number of aliphatic hydroxyl groups is 1. The summed E-state index contributed by atoms with van der Waals surface area (Å²) < 4.78 is 39.7. The van der Waals surface area contributed by atoms with Crippen LogP contribution in [0.2, 0.25) is 0 Å². The van der Waals surface area contributed by atoms with E-state index in [1.54, 1.807) is 11.3 Å². The number of thiophene rings is 1. The molecule has 0 saturated heterocycles. The van der Waals surface area contributed by atoms with Crippen molar-refractivity contribution in [2.45, 2.75) is 17.9 Å². The van der Waals surface area contributed by atoms with Crippen LogP contribution in [-0.2, 0) is 23.1 Å². The van der Waals surface area contributed by atoms with Crippen LogP contribution in [0.25, 0.3) is 0 Å². The van der Waals surface area contributed by atoms with Crippen LogP contribution in [0.5, 0.6) is 0 Å². The highest BCUT2D eigenvalue weighted by Gasteiger charge is 2.24. The van der Waals surface area contributed by atoms with Crippen LogP contribution in [0.1, 0.15) is 10.4 Å². The fourth-order valence-corrected chi connectivity index (χ4v) is 3.77. The third kappa shape index (κ3) is 3.68. The summed E-state index contributed by atoms with van der Waals surface area (Å²) in [6, 6.07) is 7.48. The molecule has 114 valence electrons. The maximum atomic E-state index is 13.9. The lowest BCUT2D eigenvalue weighted by Crippen LogP contribution is -2.29. The van der Waals surface area contributed by atoms with E-state index >= 15 is 0 Å². The Morgan fingerprint density at radius 3 is 2.67 bits per heavy atom. The maximum absolute atomic E-state index is 13.9. The molecule has 2 aromatic rings. The molecule has 0 fully saturated rings. The zero-order valence-corrected chi connectivity index (χ0v) is 13.1. The second-order valence-electron chi connectivity index (χ2n) is 4.58. The molecule has 4 nitrogen and oxygen atoms in total. The SMILES string of the molecule is CN(CCc1cccs1)S(=O)(=O)c1ccc(CO)cc1F. The molecule has 0 saturated carbocycles. The third-order valence-corrected chi connectivity index (χ3v) is 5.95. The molecule has 1 aromatic heterocycles. The minimum Gasteiger partial charge on any atom is -0.392 e. The van der Waals surface area contributed by atoms with Gasteiger partial charge in [-0.3, -0.25) is 0 Å². The van der Waals surface area contributed by atoms with Crippen LogP contribution in [0.4, 0.5) is 4.39 Å². The summed E-state index contributed by atoms with van der Waals surface area (Å²) in [5.74, 6) is -0.843. The molecule has 1 N–H and O–H groups in total. The Hall–Kier alpha value is -1.28. The molecule has 0 radical (unpaired) electrons. The van der Waals surface area contributed by atoms with E-state index in [2.05, 4.69) is 0 Å². The number of sulfonamides is 1. The van der Waals surface area contributed by atoms with Gasteiger partial charge in [-0.25, -0.2) is 17.1 Å². The second kappa shape index (κ2) is 6.65. The van der Waals surface area contributed by atoms with Gasteiger partial charge in [0.2, 0.25) is 10.0 Å². The maximum Gasteiger partial charge on any atom is 0.245 e. The Kier molecular flexibility index (Phi) is 5.10. The molecular weight excluding hydrogens is 313 g/mol. The van der Waals surface area contributed by atoms with Crippen molar-refractivity contribution in [2.24, 2.45) is 0 Å². The van der Waals surface area contributed by atoms with E-state index in [1.165, 1.54) is 19.2 Å². The van der Waals surface area contributed by atoms with Crippen LogP contribution < -0.4 is 0 Å². The Morgan fingerprint density at radius 2 is 2.10 bits per heavy atom. The summed E-state index contributed by atoms with van der Waals surface area (Å²) in [6.45, 7) is -0.0461. The zero-order chi connectivity index (χ0) is 15.5. The second-order valence-corrected chi connectivity index (χ2v) is 7.62. The number of rotatable bonds is 6. The van der Waals surface area contributed by atoms with Crippen molar-refractivity contribution >= 4 is 21.4 Å². The predicted octanol–water partition coefficient (Wildman–Crippen LogP) is 2.24. The fourth-order valence-electron chi connectivity index (χ4n) is 1.86. The van der Waals surface area contributed by atoms with E-state index in [0.29, 0.717) is 12.0 Å². The van der Waals surface area contributed by atoms with Crippen molar-refractivity contribution in [2.75, 3.05) is 13.6 Å². The van der Waals surface area contributed by atoms with Gasteiger partial charge in [0, 0.05) is 18.5 Å². The largest absolute Gasteiger partial charge is 0.392 e. The summed E-state index contributed by atoms with van der Waals surface area (Å²) in [6.07, 6.45) is 0.587. The van der Waals surface area contributed by atoms with Crippen molar-refractivity contribution < 1.29 is 17.9 Å². The Bertz CT molecular complexity index is 699. The zero-order valence-electron chi connectivity index (χ0n) is 11.5. The van der Waals surface area contributed by atoms with Gasteiger partial charge in [-0.2, -0.15) is 0 Å². The number of halogens is 1. The van der Waals surface area contributed by atoms with Gasteiger partial charge in [0.1, 0.15) is 10.7 Å². The number of aliphatic hydroxyl groups excluding tert-OH is 1. The molecule has 0 spiro atoms. The Balaban J connectivity index is 2.16. The monoisotopic (exact) mass is 329 g/mol. The van der Waals surface area contributed by atoms with E-state index in [1.807, 2.05) is 17.5 Å². The molecular formula is C14H16FNO3S2. The molecule has 1 heterocycles. The lowest BCUT2D eigenvalue weighted by Gasteiger charge is -2.17. The highest BCUT2D eigenvalue weighted by atomic mass is 32.2. The molecule has 0 bridgehead atoms. The van der Waals surface area contributed by atoms with Gasteiger partial charge in [-0.15, -0.1) is 11.3 Å². The van der Waals surface area contributed by atoms with Crippen molar-refractivity contribution in [3.63, 3.8) is 0 Å². The van der Waals surface area contributed by atoms with Crippen LogP contribution in [0.3, 0.4) is 0 Å². The molecule has 2 rings (SSSR count). The predicted molar refractivity (Wildman–Crippen MR) is 80.2 cm³/mol. The van der Waals surface area contributed by atoms with E-state index < -0.39 is 15.8 Å². The van der Waals surface area contributed by atoms with Crippen LogP contribution in [0.15, 0.2) is 40.6 Å². The first-order valence-electron chi connectivity index (χ1n) is 6.33. The van der Waals surface area contributed by atoms with Crippen LogP contribution in [-0.4, -0.2) is 31.4 Å². The van der Waals surface area contributed by atoms with Crippen molar-refractivity contribution in [3.05, 3.63) is 52.0 Å². The molecule has 0 unspecified atom stereocenters. The Labute approximate surface area is 127 Å². The quantitative estimate of drug-likeness (QED) is 0.884. The van der Waals surface area contributed by atoms with Crippen LogP contribution >= 0.6 is 11.3 Å². The average Bonchev–Trinajstić information content (AvgIpc) is 2.97. The first-order chi connectivity index (χ1) is 9.95. The Morgan fingerprint density at radius 1 is 1.33 bits per heavy atom. The van der Waals surface area contributed by atoms with E-state index in [-0.39, 0.29) is 18.0 Å². The highest BCUT2D eigenvalue weighted by Crippen LogP contribution is 2.20. The minimum atomic E-state index is -3.87. The summed E-state index contributed by atoms with van der Waals surface area (Å²) in [7, 11) is -2.43. The molecule has 0 amide bonds. The topological polar surface area (TPSA) is 57.6 Å². The average molecular weight is 329 g/mol. The number of hydrogen-bond donors (Lipinski definition) is 1. The van der Waals surface area contributed by atoms with Gasteiger partial charge < -0.3 is 5.11 Å². The first-order valence-corrected chi connectivity index (χ1v) is 8.65. The molecule has 7 heteroatoms. The molecule has 0 aliphatic heterocycles. The molecule has 0 aliphatic rings. The van der Waals surface area contributed by atoms with Gasteiger partial charge >= 0.3 is 0 Å². The minimum absolute atomic E-state index is 0.282.